The van der Waals surface area contributed by atoms with Crippen LogP contribution in [0.2, 0.25) is 0 Å². The molecule has 15 heteroatoms. The highest BCUT2D eigenvalue weighted by atomic mass is 32.1. The Bertz CT molecular complexity index is 1130. The summed E-state index contributed by atoms with van der Waals surface area (Å²) in [5.74, 6) is -0.868. The van der Waals surface area contributed by atoms with E-state index >= 15 is 0 Å². The number of fused-ring (bicyclic) bond motifs is 1. The van der Waals surface area contributed by atoms with Crippen molar-refractivity contribution in [2.24, 2.45) is 5.16 Å². The zero-order chi connectivity index (χ0) is 24.7. The molecule has 1 aromatic heterocycles. The van der Waals surface area contributed by atoms with Crippen molar-refractivity contribution in [2.75, 3.05) is 6.61 Å². The van der Waals surface area contributed by atoms with E-state index in [0.29, 0.717) is 10.5 Å². The SMILES string of the molecule is Cc1ccc(/C(Cn2c3c(sc2=N)CCCC3)=N\OCC(=O)NC(O[P+](=O)O)O[P+](=O)O)cc1. The molecule has 2 atom stereocenters. The summed E-state index contributed by atoms with van der Waals surface area (Å²) in [6, 6.07) is 7.57. The zero-order valence-corrected chi connectivity index (χ0v) is 20.8. The van der Waals surface area contributed by atoms with E-state index in [-0.39, 0.29) is 6.54 Å². The number of rotatable bonds is 11. The molecule has 12 nitrogen and oxygen atoms in total. The summed E-state index contributed by atoms with van der Waals surface area (Å²) in [5, 5.41) is 14.5. The highest BCUT2D eigenvalue weighted by Crippen LogP contribution is 2.25. The fourth-order valence-electron chi connectivity index (χ4n) is 3.36. The normalized spacial score (nSPS) is 15.3. The third kappa shape index (κ3) is 7.57. The van der Waals surface area contributed by atoms with Gasteiger partial charge in [0.15, 0.2) is 11.4 Å². The predicted molar refractivity (Wildman–Crippen MR) is 122 cm³/mol. The van der Waals surface area contributed by atoms with Crippen LogP contribution in [0.1, 0.15) is 34.5 Å². The van der Waals surface area contributed by atoms with Gasteiger partial charge in [0, 0.05) is 25.3 Å². The molecular formula is C19H24N4O8P2S+2. The highest BCUT2D eigenvalue weighted by Gasteiger charge is 2.34. The zero-order valence-electron chi connectivity index (χ0n) is 18.2. The fraction of sp³-hybridized carbons (Fsp3) is 0.421. The number of hydrogen-bond donors (Lipinski definition) is 4. The van der Waals surface area contributed by atoms with Crippen molar-refractivity contribution in [2.45, 2.75) is 45.6 Å². The lowest BCUT2D eigenvalue weighted by atomic mass is 10.0. The van der Waals surface area contributed by atoms with E-state index in [9.17, 15) is 13.9 Å². The Kier molecular flexibility index (Phi) is 9.54. The van der Waals surface area contributed by atoms with Gasteiger partial charge in [-0.05, 0) is 32.6 Å². The molecule has 34 heavy (non-hydrogen) atoms. The molecule has 182 valence electrons. The van der Waals surface area contributed by atoms with Gasteiger partial charge in [-0.1, -0.05) is 44.0 Å². The molecule has 0 aliphatic heterocycles. The lowest BCUT2D eigenvalue weighted by Crippen LogP contribution is -2.38. The van der Waals surface area contributed by atoms with Gasteiger partial charge in [-0.15, -0.1) is 21.1 Å². The van der Waals surface area contributed by atoms with Crippen LogP contribution in [0.5, 0.6) is 0 Å². The summed E-state index contributed by atoms with van der Waals surface area (Å²) in [6.45, 7) is 1.61. The molecule has 3 rings (SSSR count). The van der Waals surface area contributed by atoms with Crippen molar-refractivity contribution in [1.82, 2.24) is 9.88 Å². The summed E-state index contributed by atoms with van der Waals surface area (Å²) in [7, 11) is -6.41. The summed E-state index contributed by atoms with van der Waals surface area (Å²) in [6.07, 6.45) is 2.08. The van der Waals surface area contributed by atoms with Gasteiger partial charge in [-0.25, -0.2) is 0 Å². The van der Waals surface area contributed by atoms with E-state index < -0.39 is 35.4 Å². The smallest absolute Gasteiger partial charge is 0.385 e. The Labute approximate surface area is 200 Å². The van der Waals surface area contributed by atoms with Gasteiger partial charge >= 0.3 is 22.9 Å². The van der Waals surface area contributed by atoms with E-state index in [4.69, 9.17) is 20.0 Å². The molecule has 2 unspecified atom stereocenters. The molecule has 1 aromatic carbocycles. The first kappa shape index (κ1) is 26.2. The number of thiazole rings is 1. The van der Waals surface area contributed by atoms with Crippen molar-refractivity contribution >= 4 is 39.5 Å². The second kappa shape index (κ2) is 12.4. The minimum absolute atomic E-state index is 0.278. The van der Waals surface area contributed by atoms with Crippen molar-refractivity contribution < 1.29 is 37.6 Å². The first-order valence-electron chi connectivity index (χ1n) is 10.2. The predicted octanol–water partition coefficient (Wildman–Crippen LogP) is 2.37. The van der Waals surface area contributed by atoms with Gasteiger partial charge in [0.2, 0.25) is 0 Å². The second-order valence-electron chi connectivity index (χ2n) is 7.33. The number of aromatic nitrogens is 1. The molecule has 2 aromatic rings. The number of carbonyl (C=O) groups excluding carboxylic acids is 1. The van der Waals surface area contributed by atoms with Crippen LogP contribution >= 0.6 is 27.8 Å². The summed E-state index contributed by atoms with van der Waals surface area (Å²) in [5.41, 5.74) is 3.43. The second-order valence-corrected chi connectivity index (χ2v) is 9.79. The van der Waals surface area contributed by atoms with Crippen LogP contribution in [-0.4, -0.2) is 39.0 Å². The van der Waals surface area contributed by atoms with Crippen LogP contribution in [0.4, 0.5) is 0 Å². The third-order valence-electron chi connectivity index (χ3n) is 4.89. The molecule has 4 N–H and O–H groups in total. The molecule has 1 heterocycles. The van der Waals surface area contributed by atoms with Crippen molar-refractivity contribution in [1.29, 1.82) is 5.41 Å². The molecule has 1 aliphatic carbocycles. The third-order valence-corrected chi connectivity index (χ3v) is 6.74. The Morgan fingerprint density at radius 1 is 1.21 bits per heavy atom. The lowest BCUT2D eigenvalue weighted by Gasteiger charge is -2.15. The van der Waals surface area contributed by atoms with Crippen LogP contribution in [0.15, 0.2) is 29.4 Å². The lowest BCUT2D eigenvalue weighted by molar-refractivity contribution is -0.133. The average molecular weight is 530 g/mol. The largest absolute Gasteiger partial charge is 0.699 e. The van der Waals surface area contributed by atoms with E-state index in [0.717, 1.165) is 42.5 Å². The number of carbonyl (C=O) groups is 1. The van der Waals surface area contributed by atoms with E-state index in [1.165, 1.54) is 16.2 Å². The molecule has 1 amide bonds. The van der Waals surface area contributed by atoms with Gasteiger partial charge in [-0.3, -0.25) is 15.5 Å². The maximum absolute atomic E-state index is 12.1. The number of benzene rings is 1. The summed E-state index contributed by atoms with van der Waals surface area (Å²) in [4.78, 5) is 36.5. The minimum atomic E-state index is -3.21. The van der Waals surface area contributed by atoms with Gasteiger partial charge in [-0.2, -0.15) is 0 Å². The number of hydrogen-bond acceptors (Lipinski definition) is 9. The molecule has 0 radical (unpaired) electrons. The van der Waals surface area contributed by atoms with Gasteiger partial charge in [0.05, 0.1) is 6.54 Å². The van der Waals surface area contributed by atoms with Crippen LogP contribution in [0.25, 0.3) is 0 Å². The first-order chi connectivity index (χ1) is 16.2. The summed E-state index contributed by atoms with van der Waals surface area (Å²) < 4.78 is 32.1. The van der Waals surface area contributed by atoms with Crippen LogP contribution in [0.3, 0.4) is 0 Å². The number of aryl methyl sites for hydroxylation is 2. The van der Waals surface area contributed by atoms with E-state index in [1.54, 1.807) is 0 Å². The maximum Gasteiger partial charge on any atom is 0.699 e. The molecule has 0 bridgehead atoms. The Morgan fingerprint density at radius 2 is 1.85 bits per heavy atom. The topological polar surface area (TPSA) is 173 Å². The van der Waals surface area contributed by atoms with Crippen molar-refractivity contribution in [3.05, 3.63) is 50.8 Å². The number of amides is 1. The molecule has 1 aliphatic rings. The number of nitrogens with one attached hydrogen (secondary N) is 2. The van der Waals surface area contributed by atoms with Gasteiger partial charge < -0.3 is 9.40 Å². The van der Waals surface area contributed by atoms with Crippen LogP contribution in [-0.2, 0) is 47.2 Å². The molecule has 0 spiro atoms. The quantitative estimate of drug-likeness (QED) is 0.148. The Hall–Kier alpha value is -2.37. The Morgan fingerprint density at radius 3 is 2.50 bits per heavy atom. The average Bonchev–Trinajstić information content (AvgIpc) is 3.07. The molecule has 0 fully saturated rings. The van der Waals surface area contributed by atoms with Crippen molar-refractivity contribution in [3.63, 3.8) is 0 Å². The standard InChI is InChI=1S/C19H22N4O8P2S/c1-12-6-8-13(9-7-12)14(10-23-15-4-2-3-5-16(15)34-18(23)20)22-29-11-17(24)21-19(30-32(25)26)31-33(27)28/h6-9,19-20H,2-5,10-11H2,1H3,(H-2,21,24,25,26,27,28)/p+2/b20-18?,22-14-. The Balaban J connectivity index is 1.75. The van der Waals surface area contributed by atoms with Crippen LogP contribution < -0.4 is 10.1 Å². The number of oxime groups is 1. The summed E-state index contributed by atoms with van der Waals surface area (Å²) >= 11 is 1.45. The van der Waals surface area contributed by atoms with Gasteiger partial charge in [0.1, 0.15) is 5.71 Å². The van der Waals surface area contributed by atoms with Gasteiger partial charge in [0.25, 0.3) is 5.91 Å². The highest BCUT2D eigenvalue weighted by molar-refractivity contribution is 7.32. The first-order valence-corrected chi connectivity index (χ1v) is 13.3. The molecule has 0 saturated carbocycles. The monoisotopic (exact) mass is 530 g/mol. The molecular weight excluding hydrogens is 506 g/mol. The molecule has 0 saturated heterocycles. The van der Waals surface area contributed by atoms with E-state index in [2.05, 4.69) is 14.2 Å². The fourth-order valence-corrected chi connectivity index (χ4v) is 5.05. The van der Waals surface area contributed by atoms with Crippen molar-refractivity contribution in [3.8, 4) is 0 Å². The number of nitrogens with zero attached hydrogens (tertiary/aromatic N) is 2. The minimum Gasteiger partial charge on any atom is -0.385 e. The maximum atomic E-state index is 12.1. The van der Waals surface area contributed by atoms with Crippen LogP contribution in [0, 0.1) is 12.3 Å². The van der Waals surface area contributed by atoms with E-state index in [1.807, 2.05) is 41.1 Å².